The summed E-state index contributed by atoms with van der Waals surface area (Å²) in [6.07, 6.45) is 8.41. The lowest BCUT2D eigenvalue weighted by atomic mass is 9.67. The van der Waals surface area contributed by atoms with E-state index in [4.69, 9.17) is 0 Å². The van der Waals surface area contributed by atoms with Gasteiger partial charge in [0.15, 0.2) is 0 Å². The van der Waals surface area contributed by atoms with Gasteiger partial charge in [-0.1, -0.05) is 27.7 Å². The molecule has 2 aliphatic carbocycles. The van der Waals surface area contributed by atoms with E-state index in [9.17, 15) is 0 Å². The van der Waals surface area contributed by atoms with Crippen LogP contribution in [0, 0.1) is 16.7 Å². The van der Waals surface area contributed by atoms with Crippen LogP contribution in [0.4, 0.5) is 0 Å². The van der Waals surface area contributed by atoms with Gasteiger partial charge in [-0.3, -0.25) is 4.90 Å². The molecule has 2 nitrogen and oxygen atoms in total. The number of hydrogen-bond acceptors (Lipinski definition) is 2. The second kappa shape index (κ2) is 5.28. The third-order valence-electron chi connectivity index (χ3n) is 6.77. The van der Waals surface area contributed by atoms with Crippen LogP contribution < -0.4 is 5.32 Å². The molecule has 1 heterocycles. The van der Waals surface area contributed by atoms with Gasteiger partial charge in [0.1, 0.15) is 0 Å². The molecule has 0 amide bonds. The summed E-state index contributed by atoms with van der Waals surface area (Å²) in [7, 11) is 0. The van der Waals surface area contributed by atoms with Gasteiger partial charge in [-0.05, 0) is 74.9 Å². The largest absolute Gasteiger partial charge is 0.314 e. The van der Waals surface area contributed by atoms with Crippen molar-refractivity contribution < 1.29 is 0 Å². The molecule has 2 bridgehead atoms. The number of fused-ring (bicyclic) bond motifs is 2. The van der Waals surface area contributed by atoms with E-state index in [2.05, 4.69) is 37.9 Å². The van der Waals surface area contributed by atoms with Gasteiger partial charge in [0.25, 0.3) is 0 Å². The fourth-order valence-corrected chi connectivity index (χ4v) is 5.90. The molecule has 2 heteroatoms. The number of piperidine rings is 1. The Bertz CT molecular complexity index is 339. The second-order valence-corrected chi connectivity index (χ2v) is 8.58. The first-order valence-electron chi connectivity index (χ1n) is 8.95. The van der Waals surface area contributed by atoms with Crippen molar-refractivity contribution in [3.8, 4) is 0 Å². The van der Waals surface area contributed by atoms with Gasteiger partial charge in [-0.15, -0.1) is 0 Å². The number of nitrogens with zero attached hydrogens (tertiary/aromatic N) is 1. The van der Waals surface area contributed by atoms with E-state index in [1.54, 1.807) is 0 Å². The van der Waals surface area contributed by atoms with E-state index >= 15 is 0 Å². The van der Waals surface area contributed by atoms with Crippen LogP contribution in [0.3, 0.4) is 0 Å². The number of rotatable bonds is 4. The second-order valence-electron chi connectivity index (χ2n) is 8.58. The Morgan fingerprint density at radius 1 is 1.10 bits per heavy atom. The van der Waals surface area contributed by atoms with E-state index in [1.807, 2.05) is 0 Å². The molecular formula is C18H34N2. The standard InChI is InChI=1S/C18H34N2/c1-5-10-19-15-7-11-20(12-8-15)16-17(2,3)14-6-9-18(16,4)13-14/h14-16,19H,5-13H2,1-4H3. The van der Waals surface area contributed by atoms with Gasteiger partial charge in [0, 0.05) is 12.1 Å². The molecule has 3 atom stereocenters. The molecule has 0 spiro atoms. The Morgan fingerprint density at radius 3 is 2.35 bits per heavy atom. The molecule has 1 N–H and O–H groups in total. The van der Waals surface area contributed by atoms with Gasteiger partial charge in [0.2, 0.25) is 0 Å². The lowest BCUT2D eigenvalue weighted by Gasteiger charge is -2.51. The van der Waals surface area contributed by atoms with Gasteiger partial charge in [-0.2, -0.15) is 0 Å². The van der Waals surface area contributed by atoms with Crippen LogP contribution in [0.25, 0.3) is 0 Å². The maximum Gasteiger partial charge on any atom is 0.0203 e. The highest BCUT2D eigenvalue weighted by molar-refractivity contribution is 5.13. The summed E-state index contributed by atoms with van der Waals surface area (Å²) in [5, 5.41) is 3.72. The van der Waals surface area contributed by atoms with Crippen molar-refractivity contribution in [2.24, 2.45) is 16.7 Å². The molecule has 0 aromatic heterocycles. The van der Waals surface area contributed by atoms with E-state index < -0.39 is 0 Å². The first kappa shape index (κ1) is 14.8. The van der Waals surface area contributed by atoms with E-state index in [0.717, 1.165) is 18.0 Å². The normalized spacial score (nSPS) is 41.4. The topological polar surface area (TPSA) is 15.3 Å². The molecule has 0 radical (unpaired) electrons. The Balaban J connectivity index is 1.63. The zero-order valence-corrected chi connectivity index (χ0v) is 14.0. The van der Waals surface area contributed by atoms with Crippen molar-refractivity contribution >= 4 is 0 Å². The molecule has 1 aliphatic heterocycles. The van der Waals surface area contributed by atoms with Gasteiger partial charge < -0.3 is 5.32 Å². The van der Waals surface area contributed by atoms with Crippen LogP contribution in [-0.4, -0.2) is 36.6 Å². The summed E-state index contributed by atoms with van der Waals surface area (Å²) in [5.74, 6) is 0.980. The van der Waals surface area contributed by atoms with Crippen LogP contribution in [0.2, 0.25) is 0 Å². The van der Waals surface area contributed by atoms with Crippen molar-refractivity contribution in [1.82, 2.24) is 10.2 Å². The SMILES string of the molecule is CCCNC1CCN(C2C3(C)CCC(C3)C2(C)C)CC1. The predicted octanol–water partition coefficient (Wildman–Crippen LogP) is 3.67. The molecule has 3 unspecified atom stereocenters. The summed E-state index contributed by atoms with van der Waals surface area (Å²) < 4.78 is 0. The van der Waals surface area contributed by atoms with Gasteiger partial charge in [0.05, 0.1) is 0 Å². The maximum atomic E-state index is 3.72. The molecule has 116 valence electrons. The maximum absolute atomic E-state index is 3.72. The predicted molar refractivity (Wildman–Crippen MR) is 85.9 cm³/mol. The van der Waals surface area contributed by atoms with E-state index in [1.165, 1.54) is 58.2 Å². The summed E-state index contributed by atoms with van der Waals surface area (Å²) in [6.45, 7) is 13.8. The minimum atomic E-state index is 0.538. The molecule has 0 aromatic rings. The third kappa shape index (κ3) is 2.33. The minimum Gasteiger partial charge on any atom is -0.314 e. The fraction of sp³-hybridized carbons (Fsp3) is 1.00. The smallest absolute Gasteiger partial charge is 0.0203 e. The highest BCUT2D eigenvalue weighted by atomic mass is 15.2. The summed E-state index contributed by atoms with van der Waals surface area (Å²) in [5.41, 5.74) is 1.15. The Kier molecular flexibility index (Phi) is 3.92. The van der Waals surface area contributed by atoms with Crippen molar-refractivity contribution in [1.29, 1.82) is 0 Å². The van der Waals surface area contributed by atoms with Gasteiger partial charge >= 0.3 is 0 Å². The van der Waals surface area contributed by atoms with Crippen LogP contribution in [0.5, 0.6) is 0 Å². The Morgan fingerprint density at radius 2 is 1.80 bits per heavy atom. The molecule has 20 heavy (non-hydrogen) atoms. The summed E-state index contributed by atoms with van der Waals surface area (Å²) in [4.78, 5) is 2.86. The Hall–Kier alpha value is -0.0800. The Labute approximate surface area is 125 Å². The van der Waals surface area contributed by atoms with Crippen molar-refractivity contribution in [2.45, 2.75) is 78.3 Å². The molecule has 3 rings (SSSR count). The number of nitrogens with one attached hydrogen (secondary N) is 1. The van der Waals surface area contributed by atoms with Crippen LogP contribution in [-0.2, 0) is 0 Å². The third-order valence-corrected chi connectivity index (χ3v) is 6.77. The summed E-state index contributed by atoms with van der Waals surface area (Å²) >= 11 is 0. The highest BCUT2D eigenvalue weighted by Crippen LogP contribution is 2.64. The zero-order chi connectivity index (χ0) is 14.4. The van der Waals surface area contributed by atoms with Crippen molar-refractivity contribution in [3.05, 3.63) is 0 Å². The van der Waals surface area contributed by atoms with E-state index in [0.29, 0.717) is 10.8 Å². The lowest BCUT2D eigenvalue weighted by molar-refractivity contribution is -0.0108. The highest BCUT2D eigenvalue weighted by Gasteiger charge is 2.60. The van der Waals surface area contributed by atoms with Crippen LogP contribution >= 0.6 is 0 Å². The molecule has 3 aliphatic rings. The number of hydrogen-bond donors (Lipinski definition) is 1. The van der Waals surface area contributed by atoms with Crippen molar-refractivity contribution in [3.63, 3.8) is 0 Å². The molecule has 0 aromatic carbocycles. The molecule has 1 saturated heterocycles. The van der Waals surface area contributed by atoms with Crippen LogP contribution in [0.15, 0.2) is 0 Å². The number of likely N-dealkylation sites (tertiary alicyclic amines) is 1. The molecule has 2 saturated carbocycles. The lowest BCUT2D eigenvalue weighted by Crippen LogP contribution is -2.56. The molecule has 3 fully saturated rings. The van der Waals surface area contributed by atoms with E-state index in [-0.39, 0.29) is 0 Å². The molecular weight excluding hydrogens is 244 g/mol. The first-order valence-corrected chi connectivity index (χ1v) is 8.95. The zero-order valence-electron chi connectivity index (χ0n) is 14.0. The monoisotopic (exact) mass is 278 g/mol. The first-order chi connectivity index (χ1) is 9.47. The van der Waals surface area contributed by atoms with Crippen LogP contribution in [0.1, 0.15) is 66.2 Å². The minimum absolute atomic E-state index is 0.538. The quantitative estimate of drug-likeness (QED) is 0.844. The van der Waals surface area contributed by atoms with Gasteiger partial charge in [-0.25, -0.2) is 0 Å². The summed E-state index contributed by atoms with van der Waals surface area (Å²) in [6, 6.07) is 1.61. The van der Waals surface area contributed by atoms with Crippen molar-refractivity contribution in [2.75, 3.05) is 19.6 Å². The fourth-order valence-electron chi connectivity index (χ4n) is 5.90. The average Bonchev–Trinajstić information content (AvgIpc) is 2.89. The average molecular weight is 278 g/mol.